The van der Waals surface area contributed by atoms with E-state index < -0.39 is 11.9 Å². The first kappa shape index (κ1) is 15.4. The zero-order valence-corrected chi connectivity index (χ0v) is 12.0. The third-order valence-electron chi connectivity index (χ3n) is 3.81. The van der Waals surface area contributed by atoms with Crippen LogP contribution >= 0.6 is 0 Å². The maximum absolute atomic E-state index is 12.6. The van der Waals surface area contributed by atoms with Crippen LogP contribution in [0.3, 0.4) is 0 Å². The Morgan fingerprint density at radius 2 is 2.09 bits per heavy atom. The average Bonchev–Trinajstić information content (AvgIpc) is 3.08. The van der Waals surface area contributed by atoms with Gasteiger partial charge in [0.15, 0.2) is 0 Å². The number of piperidine rings is 1. The predicted molar refractivity (Wildman–Crippen MR) is 73.3 cm³/mol. The van der Waals surface area contributed by atoms with Crippen LogP contribution in [0.1, 0.15) is 47.2 Å². The van der Waals surface area contributed by atoms with Gasteiger partial charge in [0.1, 0.15) is 17.8 Å². The molecule has 0 aliphatic carbocycles. The SMILES string of the molecule is O=C(c1ccc(C(F)(F)F)nc1)N1CCCCC1c1ncn[nH]1. The summed E-state index contributed by atoms with van der Waals surface area (Å²) in [6.07, 6.45) is 0.332. The Morgan fingerprint density at radius 1 is 1.26 bits per heavy atom. The summed E-state index contributed by atoms with van der Waals surface area (Å²) in [5.74, 6) is 0.227. The Labute approximate surface area is 129 Å². The Hall–Kier alpha value is -2.45. The van der Waals surface area contributed by atoms with Gasteiger partial charge in [0, 0.05) is 12.7 Å². The molecule has 1 fully saturated rings. The summed E-state index contributed by atoms with van der Waals surface area (Å²) in [5.41, 5.74) is -0.885. The highest BCUT2D eigenvalue weighted by molar-refractivity contribution is 5.94. The molecule has 0 radical (unpaired) electrons. The summed E-state index contributed by atoms with van der Waals surface area (Å²) in [7, 11) is 0. The molecule has 2 aromatic rings. The number of hydrogen-bond acceptors (Lipinski definition) is 4. The van der Waals surface area contributed by atoms with Crippen LogP contribution in [0.4, 0.5) is 13.2 Å². The van der Waals surface area contributed by atoms with Gasteiger partial charge in [-0.1, -0.05) is 0 Å². The number of nitrogens with one attached hydrogen (secondary N) is 1. The first-order valence-corrected chi connectivity index (χ1v) is 7.16. The lowest BCUT2D eigenvalue weighted by molar-refractivity contribution is -0.141. The third kappa shape index (κ3) is 3.17. The number of likely N-dealkylation sites (tertiary alicyclic amines) is 1. The predicted octanol–water partition coefficient (Wildman–Crippen LogP) is 2.59. The van der Waals surface area contributed by atoms with Crippen LogP contribution < -0.4 is 0 Å². The fourth-order valence-corrected chi connectivity index (χ4v) is 2.69. The molecule has 0 aromatic carbocycles. The molecule has 9 heteroatoms. The molecular weight excluding hydrogens is 311 g/mol. The highest BCUT2D eigenvalue weighted by atomic mass is 19.4. The molecule has 122 valence electrons. The summed E-state index contributed by atoms with van der Waals surface area (Å²) in [6, 6.07) is 1.73. The number of rotatable bonds is 2. The molecule has 0 saturated carbocycles. The number of aromatic amines is 1. The first-order valence-electron chi connectivity index (χ1n) is 7.16. The molecule has 1 aliphatic rings. The van der Waals surface area contributed by atoms with Crippen LogP contribution in [0.5, 0.6) is 0 Å². The smallest absolute Gasteiger partial charge is 0.328 e. The van der Waals surface area contributed by atoms with Crippen LogP contribution in [0.2, 0.25) is 0 Å². The van der Waals surface area contributed by atoms with Crippen molar-refractivity contribution >= 4 is 5.91 Å². The van der Waals surface area contributed by atoms with Gasteiger partial charge >= 0.3 is 6.18 Å². The molecule has 3 heterocycles. The summed E-state index contributed by atoms with van der Waals surface area (Å²) in [5, 5.41) is 6.54. The topological polar surface area (TPSA) is 74.8 Å². The van der Waals surface area contributed by atoms with E-state index in [1.165, 1.54) is 6.33 Å². The Kier molecular flexibility index (Phi) is 4.01. The summed E-state index contributed by atoms with van der Waals surface area (Å²) >= 11 is 0. The number of hydrogen-bond donors (Lipinski definition) is 1. The standard InChI is InChI=1S/C14H14F3N5O/c15-14(16,17)11-5-4-9(7-18-11)13(23)22-6-2-1-3-10(22)12-19-8-20-21-12/h4-5,7-8,10H,1-3,6H2,(H,19,20,21). The summed E-state index contributed by atoms with van der Waals surface area (Å²) in [6.45, 7) is 0.519. The van der Waals surface area contributed by atoms with Gasteiger partial charge in [-0.15, -0.1) is 0 Å². The molecule has 1 atom stereocenters. The second-order valence-corrected chi connectivity index (χ2v) is 5.31. The first-order chi connectivity index (χ1) is 11.0. The maximum atomic E-state index is 12.6. The van der Waals surface area contributed by atoms with E-state index in [2.05, 4.69) is 20.2 Å². The van der Waals surface area contributed by atoms with Gasteiger partial charge in [0.25, 0.3) is 5.91 Å². The Balaban J connectivity index is 1.83. The van der Waals surface area contributed by atoms with E-state index >= 15 is 0 Å². The van der Waals surface area contributed by atoms with E-state index in [0.29, 0.717) is 12.4 Å². The van der Waals surface area contributed by atoms with Crippen LogP contribution in [-0.2, 0) is 6.18 Å². The van der Waals surface area contributed by atoms with E-state index in [1.807, 2.05) is 0 Å². The maximum Gasteiger partial charge on any atom is 0.433 e. The monoisotopic (exact) mass is 325 g/mol. The Morgan fingerprint density at radius 3 is 2.70 bits per heavy atom. The number of pyridine rings is 1. The van der Waals surface area contributed by atoms with Gasteiger partial charge in [-0.2, -0.15) is 18.3 Å². The minimum absolute atomic E-state index is 0.129. The Bertz CT molecular complexity index is 669. The zero-order valence-electron chi connectivity index (χ0n) is 12.0. The zero-order chi connectivity index (χ0) is 16.4. The molecule has 1 unspecified atom stereocenters. The van der Waals surface area contributed by atoms with Crippen molar-refractivity contribution in [2.75, 3.05) is 6.54 Å². The number of alkyl halides is 3. The second kappa shape index (κ2) is 5.98. The molecule has 0 spiro atoms. The normalized spacial score (nSPS) is 18.9. The molecule has 6 nitrogen and oxygen atoms in total. The average molecular weight is 325 g/mol. The van der Waals surface area contributed by atoms with Gasteiger partial charge in [-0.25, -0.2) is 4.98 Å². The van der Waals surface area contributed by atoms with Crippen LogP contribution in [0.25, 0.3) is 0 Å². The minimum atomic E-state index is -4.52. The number of halogens is 3. The number of aromatic nitrogens is 4. The fourth-order valence-electron chi connectivity index (χ4n) is 2.69. The van der Waals surface area contributed by atoms with Crippen molar-refractivity contribution in [2.24, 2.45) is 0 Å². The third-order valence-corrected chi connectivity index (χ3v) is 3.81. The summed E-state index contributed by atoms with van der Waals surface area (Å²) < 4.78 is 37.6. The van der Waals surface area contributed by atoms with Gasteiger partial charge in [-0.05, 0) is 31.4 Å². The van der Waals surface area contributed by atoms with Gasteiger partial charge < -0.3 is 4.90 Å². The number of H-pyrrole nitrogens is 1. The second-order valence-electron chi connectivity index (χ2n) is 5.31. The van der Waals surface area contributed by atoms with Crippen LogP contribution in [-0.4, -0.2) is 37.5 Å². The van der Waals surface area contributed by atoms with Crippen molar-refractivity contribution < 1.29 is 18.0 Å². The van der Waals surface area contributed by atoms with Gasteiger partial charge in [0.05, 0.1) is 11.6 Å². The van der Waals surface area contributed by atoms with Crippen molar-refractivity contribution in [2.45, 2.75) is 31.5 Å². The van der Waals surface area contributed by atoms with E-state index in [0.717, 1.165) is 37.6 Å². The number of carbonyl (C=O) groups is 1. The van der Waals surface area contributed by atoms with E-state index in [9.17, 15) is 18.0 Å². The van der Waals surface area contributed by atoms with Crippen molar-refractivity contribution in [3.8, 4) is 0 Å². The lowest BCUT2D eigenvalue weighted by Crippen LogP contribution is -2.39. The molecule has 1 amide bonds. The fraction of sp³-hybridized carbons (Fsp3) is 0.429. The highest BCUT2D eigenvalue weighted by Gasteiger charge is 2.34. The molecule has 3 rings (SSSR count). The highest BCUT2D eigenvalue weighted by Crippen LogP contribution is 2.31. The van der Waals surface area contributed by atoms with Crippen molar-refractivity contribution in [1.82, 2.24) is 25.1 Å². The lowest BCUT2D eigenvalue weighted by Gasteiger charge is -2.34. The molecule has 1 aliphatic heterocycles. The molecule has 2 aromatic heterocycles. The van der Waals surface area contributed by atoms with Gasteiger partial charge in [0.2, 0.25) is 0 Å². The van der Waals surface area contributed by atoms with E-state index in [-0.39, 0.29) is 17.5 Å². The largest absolute Gasteiger partial charge is 0.433 e. The van der Waals surface area contributed by atoms with E-state index in [1.54, 1.807) is 4.90 Å². The van der Waals surface area contributed by atoms with E-state index in [4.69, 9.17) is 0 Å². The molecular formula is C14H14F3N5O. The van der Waals surface area contributed by atoms with Crippen molar-refractivity contribution in [3.05, 3.63) is 41.7 Å². The number of nitrogens with zero attached hydrogens (tertiary/aromatic N) is 4. The minimum Gasteiger partial charge on any atom is -0.328 e. The molecule has 1 N–H and O–H groups in total. The van der Waals surface area contributed by atoms with Crippen molar-refractivity contribution in [1.29, 1.82) is 0 Å². The molecule has 0 bridgehead atoms. The van der Waals surface area contributed by atoms with Gasteiger partial charge in [-0.3, -0.25) is 14.9 Å². The molecule has 1 saturated heterocycles. The quantitative estimate of drug-likeness (QED) is 0.921. The van der Waals surface area contributed by atoms with Crippen molar-refractivity contribution in [3.63, 3.8) is 0 Å². The number of carbonyl (C=O) groups excluding carboxylic acids is 1. The lowest BCUT2D eigenvalue weighted by atomic mass is 10.0. The molecule has 23 heavy (non-hydrogen) atoms. The van der Waals surface area contributed by atoms with Crippen LogP contribution in [0, 0.1) is 0 Å². The summed E-state index contributed by atoms with van der Waals surface area (Å²) in [4.78, 5) is 21.6. The van der Waals surface area contributed by atoms with Crippen LogP contribution in [0.15, 0.2) is 24.7 Å². The number of amides is 1.